The van der Waals surface area contributed by atoms with Crippen molar-refractivity contribution in [1.82, 2.24) is 4.98 Å². The molecule has 1 N–H and O–H groups in total. The van der Waals surface area contributed by atoms with Crippen molar-refractivity contribution in [3.63, 3.8) is 0 Å². The molecule has 3 heteroatoms. The van der Waals surface area contributed by atoms with Crippen LogP contribution in [0.25, 0.3) is 10.9 Å². The minimum atomic E-state index is -0.676. The summed E-state index contributed by atoms with van der Waals surface area (Å²) in [5.41, 5.74) is 2.05. The monoisotopic (exact) mass is 241 g/mol. The first-order valence-electron chi connectivity index (χ1n) is 6.34. The molecule has 92 valence electrons. The zero-order chi connectivity index (χ0) is 12.5. The largest absolute Gasteiger partial charge is 0.481 e. The van der Waals surface area contributed by atoms with Gasteiger partial charge in [-0.1, -0.05) is 30.7 Å². The fraction of sp³-hybridized carbons (Fsp3) is 0.333. The van der Waals surface area contributed by atoms with E-state index < -0.39 is 5.97 Å². The van der Waals surface area contributed by atoms with Crippen LogP contribution < -0.4 is 0 Å². The number of pyridine rings is 1. The fourth-order valence-corrected chi connectivity index (χ4v) is 3.05. The highest BCUT2D eigenvalue weighted by atomic mass is 16.4. The molecule has 1 aromatic carbocycles. The van der Waals surface area contributed by atoms with Crippen molar-refractivity contribution >= 4 is 16.9 Å². The number of aromatic nitrogens is 1. The summed E-state index contributed by atoms with van der Waals surface area (Å²) >= 11 is 0. The van der Waals surface area contributed by atoms with E-state index >= 15 is 0 Å². The number of carbonyl (C=O) groups is 1. The van der Waals surface area contributed by atoms with Crippen LogP contribution in [0.1, 0.15) is 30.7 Å². The van der Waals surface area contributed by atoms with Crippen molar-refractivity contribution in [2.24, 2.45) is 5.92 Å². The van der Waals surface area contributed by atoms with E-state index in [4.69, 9.17) is 0 Å². The molecule has 0 radical (unpaired) electrons. The van der Waals surface area contributed by atoms with Gasteiger partial charge in [0.15, 0.2) is 0 Å². The molecule has 0 bridgehead atoms. The maximum Gasteiger partial charge on any atom is 0.307 e. The molecule has 2 aromatic rings. The Morgan fingerprint density at radius 3 is 2.89 bits per heavy atom. The number of nitrogens with zero attached hydrogens (tertiary/aromatic N) is 1. The summed E-state index contributed by atoms with van der Waals surface area (Å²) in [6.45, 7) is 0. The molecule has 18 heavy (non-hydrogen) atoms. The Hall–Kier alpha value is -1.90. The van der Waals surface area contributed by atoms with E-state index in [1.54, 1.807) is 6.20 Å². The van der Waals surface area contributed by atoms with Gasteiger partial charge >= 0.3 is 5.97 Å². The molecule has 3 nitrogen and oxygen atoms in total. The minimum absolute atomic E-state index is 0.112. The van der Waals surface area contributed by atoms with Crippen molar-refractivity contribution in [2.45, 2.75) is 25.2 Å². The zero-order valence-corrected chi connectivity index (χ0v) is 10.0. The Morgan fingerprint density at radius 1 is 1.22 bits per heavy atom. The van der Waals surface area contributed by atoms with Gasteiger partial charge in [0.05, 0.1) is 11.4 Å². The predicted molar refractivity (Wildman–Crippen MR) is 69.5 cm³/mol. The van der Waals surface area contributed by atoms with E-state index in [1.165, 1.54) is 0 Å². The predicted octanol–water partition coefficient (Wildman–Crippen LogP) is 3.20. The normalized spacial score (nSPS) is 23.3. The Kier molecular flexibility index (Phi) is 2.74. The van der Waals surface area contributed by atoms with E-state index in [-0.39, 0.29) is 11.8 Å². The molecule has 1 aliphatic carbocycles. The first kappa shape index (κ1) is 11.2. The quantitative estimate of drug-likeness (QED) is 0.878. The Balaban J connectivity index is 2.11. The van der Waals surface area contributed by atoms with Crippen molar-refractivity contribution in [1.29, 1.82) is 0 Å². The van der Waals surface area contributed by atoms with Gasteiger partial charge in [-0.3, -0.25) is 9.78 Å². The fourth-order valence-electron chi connectivity index (χ4n) is 3.05. The average molecular weight is 241 g/mol. The summed E-state index contributed by atoms with van der Waals surface area (Å²) in [4.78, 5) is 15.7. The van der Waals surface area contributed by atoms with Crippen LogP contribution in [-0.4, -0.2) is 16.1 Å². The van der Waals surface area contributed by atoms with Gasteiger partial charge in [-0.25, -0.2) is 0 Å². The Labute approximate surface area is 105 Å². The maximum atomic E-state index is 11.3. The summed E-state index contributed by atoms with van der Waals surface area (Å²) in [5.74, 6) is -0.816. The van der Waals surface area contributed by atoms with Gasteiger partial charge in [-0.15, -0.1) is 0 Å². The molecule has 1 aliphatic rings. The van der Waals surface area contributed by atoms with Crippen LogP contribution in [-0.2, 0) is 4.79 Å². The molecule has 0 aliphatic heterocycles. The van der Waals surface area contributed by atoms with E-state index in [0.29, 0.717) is 0 Å². The van der Waals surface area contributed by atoms with E-state index in [1.807, 2.05) is 30.3 Å². The molecule has 0 amide bonds. The van der Waals surface area contributed by atoms with Crippen LogP contribution in [0, 0.1) is 5.92 Å². The number of carboxylic acid groups (broad SMARTS) is 1. The second kappa shape index (κ2) is 4.41. The van der Waals surface area contributed by atoms with Crippen molar-refractivity contribution in [3.05, 3.63) is 42.1 Å². The van der Waals surface area contributed by atoms with Crippen molar-refractivity contribution in [3.8, 4) is 0 Å². The summed E-state index contributed by atoms with van der Waals surface area (Å²) in [6.07, 6.45) is 4.50. The topological polar surface area (TPSA) is 50.2 Å². The van der Waals surface area contributed by atoms with Crippen LogP contribution >= 0.6 is 0 Å². The first-order valence-corrected chi connectivity index (χ1v) is 6.34. The lowest BCUT2D eigenvalue weighted by atomic mass is 9.87. The number of fused-ring (bicyclic) bond motifs is 1. The summed E-state index contributed by atoms with van der Waals surface area (Å²) in [7, 11) is 0. The number of para-hydroxylation sites is 1. The number of benzene rings is 1. The van der Waals surface area contributed by atoms with Crippen LogP contribution in [0.15, 0.2) is 36.5 Å². The number of rotatable bonds is 2. The van der Waals surface area contributed by atoms with Crippen LogP contribution in [0.5, 0.6) is 0 Å². The van der Waals surface area contributed by atoms with E-state index in [9.17, 15) is 9.90 Å². The minimum Gasteiger partial charge on any atom is -0.481 e. The molecule has 1 aromatic heterocycles. The molecular formula is C15H15NO2. The molecule has 1 heterocycles. The van der Waals surface area contributed by atoms with Gasteiger partial charge in [0.2, 0.25) is 0 Å². The smallest absolute Gasteiger partial charge is 0.307 e. The Morgan fingerprint density at radius 2 is 2.06 bits per heavy atom. The Bertz CT molecular complexity index is 589. The lowest BCUT2D eigenvalue weighted by Crippen LogP contribution is -2.17. The molecular weight excluding hydrogens is 226 g/mol. The summed E-state index contributed by atoms with van der Waals surface area (Å²) in [5, 5.41) is 10.4. The van der Waals surface area contributed by atoms with Crippen LogP contribution in [0.3, 0.4) is 0 Å². The zero-order valence-electron chi connectivity index (χ0n) is 10.0. The SMILES string of the molecule is O=C(O)C1CCCC1c1cccc2cccnc12. The maximum absolute atomic E-state index is 11.3. The lowest BCUT2D eigenvalue weighted by molar-refractivity contribution is -0.141. The average Bonchev–Trinajstić information content (AvgIpc) is 2.87. The third-order valence-corrected chi connectivity index (χ3v) is 3.90. The molecule has 3 rings (SSSR count). The van der Waals surface area contributed by atoms with Crippen LogP contribution in [0.4, 0.5) is 0 Å². The third kappa shape index (κ3) is 1.76. The highest BCUT2D eigenvalue weighted by Crippen LogP contribution is 2.41. The third-order valence-electron chi connectivity index (χ3n) is 3.90. The molecule has 0 saturated heterocycles. The highest BCUT2D eigenvalue weighted by molar-refractivity contribution is 5.83. The van der Waals surface area contributed by atoms with Crippen molar-refractivity contribution < 1.29 is 9.90 Å². The summed E-state index contributed by atoms with van der Waals surface area (Å²) in [6, 6.07) is 9.99. The second-order valence-electron chi connectivity index (χ2n) is 4.90. The van der Waals surface area contributed by atoms with Gasteiger partial charge in [0.1, 0.15) is 0 Å². The van der Waals surface area contributed by atoms with E-state index in [2.05, 4.69) is 4.98 Å². The van der Waals surface area contributed by atoms with Gasteiger partial charge in [0.25, 0.3) is 0 Å². The molecule has 0 spiro atoms. The summed E-state index contributed by atoms with van der Waals surface area (Å²) < 4.78 is 0. The number of aliphatic carboxylic acids is 1. The molecule has 1 fully saturated rings. The second-order valence-corrected chi connectivity index (χ2v) is 4.90. The standard InChI is InChI=1S/C15H15NO2/c17-15(18)13-8-2-6-11(13)12-7-1-4-10-5-3-9-16-14(10)12/h1,3-5,7,9,11,13H,2,6,8H2,(H,17,18). The van der Waals surface area contributed by atoms with Gasteiger partial charge < -0.3 is 5.11 Å². The van der Waals surface area contributed by atoms with Gasteiger partial charge in [0, 0.05) is 11.6 Å². The number of hydrogen-bond donors (Lipinski definition) is 1. The number of carboxylic acids is 1. The van der Waals surface area contributed by atoms with Gasteiger partial charge in [-0.2, -0.15) is 0 Å². The lowest BCUT2D eigenvalue weighted by Gasteiger charge is -2.17. The number of hydrogen-bond acceptors (Lipinski definition) is 2. The van der Waals surface area contributed by atoms with E-state index in [0.717, 1.165) is 35.7 Å². The first-order chi connectivity index (χ1) is 8.77. The molecule has 2 atom stereocenters. The molecule has 2 unspecified atom stereocenters. The molecule has 1 saturated carbocycles. The van der Waals surface area contributed by atoms with Crippen LogP contribution in [0.2, 0.25) is 0 Å². The van der Waals surface area contributed by atoms with Crippen molar-refractivity contribution in [2.75, 3.05) is 0 Å². The highest BCUT2D eigenvalue weighted by Gasteiger charge is 2.34. The van der Waals surface area contributed by atoms with Gasteiger partial charge in [-0.05, 0) is 30.4 Å².